The van der Waals surface area contributed by atoms with Gasteiger partial charge in [-0.2, -0.15) is 0 Å². The second kappa shape index (κ2) is 7.70. The van der Waals surface area contributed by atoms with Gasteiger partial charge in [-0.1, -0.05) is 12.1 Å². The predicted molar refractivity (Wildman–Crippen MR) is 103 cm³/mol. The number of ether oxygens (including phenoxy) is 2. The van der Waals surface area contributed by atoms with Crippen LogP contribution in [0.4, 0.5) is 5.69 Å². The fraction of sp³-hybridized carbons (Fsp3) is 0.333. The molecular formula is C21H24N2O4. The Kier molecular flexibility index (Phi) is 5.35. The van der Waals surface area contributed by atoms with Crippen molar-refractivity contribution in [2.45, 2.75) is 26.8 Å². The van der Waals surface area contributed by atoms with Crippen LogP contribution in [0.25, 0.3) is 0 Å². The summed E-state index contributed by atoms with van der Waals surface area (Å²) >= 11 is 0. The Bertz CT molecular complexity index is 892. The van der Waals surface area contributed by atoms with Crippen molar-refractivity contribution in [1.82, 2.24) is 4.90 Å². The van der Waals surface area contributed by atoms with Crippen molar-refractivity contribution in [3.8, 4) is 11.5 Å². The molecule has 3 rings (SSSR count). The molecule has 2 aromatic rings. The molecule has 0 saturated carbocycles. The topological polar surface area (TPSA) is 67.9 Å². The summed E-state index contributed by atoms with van der Waals surface area (Å²) in [6.45, 7) is 4.70. The molecule has 1 aliphatic heterocycles. The van der Waals surface area contributed by atoms with Crippen molar-refractivity contribution < 1.29 is 19.1 Å². The molecule has 0 aliphatic carbocycles. The zero-order valence-corrected chi connectivity index (χ0v) is 16.1. The van der Waals surface area contributed by atoms with Gasteiger partial charge in [-0.15, -0.1) is 0 Å². The van der Waals surface area contributed by atoms with Crippen molar-refractivity contribution in [2.75, 3.05) is 26.1 Å². The molecule has 6 nitrogen and oxygen atoms in total. The number of fused-ring (bicyclic) bond motifs is 1. The van der Waals surface area contributed by atoms with E-state index in [1.54, 1.807) is 19.1 Å². The lowest BCUT2D eigenvalue weighted by Crippen LogP contribution is -2.42. The minimum atomic E-state index is -0.618. The van der Waals surface area contributed by atoms with E-state index in [2.05, 4.69) is 5.32 Å². The molecule has 0 aromatic heterocycles. The van der Waals surface area contributed by atoms with Crippen molar-refractivity contribution in [2.24, 2.45) is 0 Å². The molecule has 0 saturated heterocycles. The highest BCUT2D eigenvalue weighted by atomic mass is 16.5. The van der Waals surface area contributed by atoms with Crippen LogP contribution in [0.5, 0.6) is 11.5 Å². The minimum Gasteiger partial charge on any atom is -0.493 e. The first-order chi connectivity index (χ1) is 12.9. The summed E-state index contributed by atoms with van der Waals surface area (Å²) in [4.78, 5) is 26.7. The molecule has 6 heteroatoms. The third kappa shape index (κ3) is 3.89. The first-order valence-corrected chi connectivity index (χ1v) is 8.84. The van der Waals surface area contributed by atoms with Gasteiger partial charge >= 0.3 is 11.8 Å². The van der Waals surface area contributed by atoms with E-state index in [-0.39, 0.29) is 0 Å². The van der Waals surface area contributed by atoms with Gasteiger partial charge in [-0.3, -0.25) is 9.59 Å². The van der Waals surface area contributed by atoms with E-state index in [0.717, 1.165) is 22.3 Å². The van der Waals surface area contributed by atoms with E-state index >= 15 is 0 Å². The fourth-order valence-corrected chi connectivity index (χ4v) is 3.25. The third-order valence-corrected chi connectivity index (χ3v) is 4.84. The van der Waals surface area contributed by atoms with Crippen LogP contribution >= 0.6 is 0 Å². The zero-order chi connectivity index (χ0) is 19.6. The van der Waals surface area contributed by atoms with E-state index in [1.165, 1.54) is 0 Å². The smallest absolute Gasteiger partial charge is 0.313 e. The van der Waals surface area contributed by atoms with Crippen LogP contribution in [0.2, 0.25) is 0 Å². The Morgan fingerprint density at radius 3 is 2.33 bits per heavy atom. The van der Waals surface area contributed by atoms with Gasteiger partial charge in [-0.05, 0) is 60.7 Å². The molecule has 0 fully saturated rings. The Labute approximate surface area is 159 Å². The molecule has 0 radical (unpaired) electrons. The number of anilines is 1. The molecule has 1 N–H and O–H groups in total. The van der Waals surface area contributed by atoms with Gasteiger partial charge < -0.3 is 19.7 Å². The number of methoxy groups -OCH3 is 2. The summed E-state index contributed by atoms with van der Waals surface area (Å²) < 4.78 is 10.7. The maximum atomic E-state index is 12.6. The summed E-state index contributed by atoms with van der Waals surface area (Å²) in [6.07, 6.45) is 0.665. The van der Waals surface area contributed by atoms with Crippen molar-refractivity contribution >= 4 is 17.5 Å². The molecule has 2 amide bonds. The summed E-state index contributed by atoms with van der Waals surface area (Å²) in [5.41, 5.74) is 4.68. The molecule has 27 heavy (non-hydrogen) atoms. The number of hydrogen-bond donors (Lipinski definition) is 1. The van der Waals surface area contributed by atoms with Gasteiger partial charge in [0.15, 0.2) is 11.5 Å². The normalized spacial score (nSPS) is 13.0. The van der Waals surface area contributed by atoms with Crippen LogP contribution in [0.15, 0.2) is 30.3 Å². The number of amides is 2. The Morgan fingerprint density at radius 1 is 1.00 bits per heavy atom. The van der Waals surface area contributed by atoms with Crippen molar-refractivity contribution in [3.05, 3.63) is 52.6 Å². The maximum absolute atomic E-state index is 12.6. The molecule has 0 unspecified atom stereocenters. The van der Waals surface area contributed by atoms with Gasteiger partial charge in [0.2, 0.25) is 0 Å². The van der Waals surface area contributed by atoms with E-state index in [1.807, 2.05) is 44.2 Å². The van der Waals surface area contributed by atoms with Gasteiger partial charge in [0.1, 0.15) is 0 Å². The van der Waals surface area contributed by atoms with Crippen molar-refractivity contribution in [3.63, 3.8) is 0 Å². The molecule has 142 valence electrons. The van der Waals surface area contributed by atoms with E-state index < -0.39 is 11.8 Å². The molecular weight excluding hydrogens is 344 g/mol. The standard InChI is InChI=1S/C21H24N2O4/c1-13-5-6-14(2)17(9-13)22-20(24)21(25)23-8-7-15-10-18(26-3)19(27-4)11-16(15)12-23/h5-6,9-11H,7-8,12H2,1-4H3,(H,22,24). The first kappa shape index (κ1) is 18.8. The first-order valence-electron chi connectivity index (χ1n) is 8.84. The minimum absolute atomic E-state index is 0.370. The highest BCUT2D eigenvalue weighted by Gasteiger charge is 2.27. The van der Waals surface area contributed by atoms with Gasteiger partial charge in [0, 0.05) is 18.8 Å². The molecule has 0 spiro atoms. The summed E-state index contributed by atoms with van der Waals surface area (Å²) in [6, 6.07) is 9.56. The molecule has 0 atom stereocenters. The quantitative estimate of drug-likeness (QED) is 0.846. The third-order valence-electron chi connectivity index (χ3n) is 4.84. The van der Waals surface area contributed by atoms with E-state index in [4.69, 9.17) is 9.47 Å². The second-order valence-corrected chi connectivity index (χ2v) is 6.73. The van der Waals surface area contributed by atoms with Crippen LogP contribution in [0.1, 0.15) is 22.3 Å². The summed E-state index contributed by atoms with van der Waals surface area (Å²) in [7, 11) is 3.17. The fourth-order valence-electron chi connectivity index (χ4n) is 3.25. The Balaban J connectivity index is 1.75. The molecule has 1 heterocycles. The number of benzene rings is 2. The van der Waals surface area contributed by atoms with Gasteiger partial charge in [0.05, 0.1) is 14.2 Å². The average Bonchev–Trinajstić information content (AvgIpc) is 2.68. The number of nitrogens with zero attached hydrogens (tertiary/aromatic N) is 1. The van der Waals surface area contributed by atoms with Crippen LogP contribution in [-0.2, 0) is 22.6 Å². The van der Waals surface area contributed by atoms with E-state index in [9.17, 15) is 9.59 Å². The maximum Gasteiger partial charge on any atom is 0.313 e. The second-order valence-electron chi connectivity index (χ2n) is 6.73. The molecule has 2 aromatic carbocycles. The van der Waals surface area contributed by atoms with Gasteiger partial charge in [-0.25, -0.2) is 0 Å². The number of carbonyl (C=O) groups excluding carboxylic acids is 2. The van der Waals surface area contributed by atoms with Crippen LogP contribution in [0.3, 0.4) is 0 Å². The van der Waals surface area contributed by atoms with Crippen LogP contribution < -0.4 is 14.8 Å². The molecule has 0 bridgehead atoms. The highest BCUT2D eigenvalue weighted by Crippen LogP contribution is 2.33. The lowest BCUT2D eigenvalue weighted by molar-refractivity contribution is -0.143. The van der Waals surface area contributed by atoms with Crippen molar-refractivity contribution in [1.29, 1.82) is 0 Å². The Hall–Kier alpha value is -3.02. The monoisotopic (exact) mass is 368 g/mol. The lowest BCUT2D eigenvalue weighted by atomic mass is 9.98. The largest absolute Gasteiger partial charge is 0.493 e. The highest BCUT2D eigenvalue weighted by molar-refractivity contribution is 6.39. The summed E-state index contributed by atoms with van der Waals surface area (Å²) in [5, 5.41) is 2.74. The van der Waals surface area contributed by atoms with Crippen LogP contribution in [0, 0.1) is 13.8 Å². The SMILES string of the molecule is COc1cc2c(cc1OC)CN(C(=O)C(=O)Nc1cc(C)ccc1C)CC2. The number of nitrogens with one attached hydrogen (secondary N) is 1. The number of aryl methyl sites for hydroxylation is 2. The lowest BCUT2D eigenvalue weighted by Gasteiger charge is -2.29. The average molecular weight is 368 g/mol. The summed E-state index contributed by atoms with van der Waals surface area (Å²) in [5.74, 6) is 0.137. The number of hydrogen-bond acceptors (Lipinski definition) is 4. The number of carbonyl (C=O) groups is 2. The molecule has 1 aliphatic rings. The van der Waals surface area contributed by atoms with Gasteiger partial charge in [0.25, 0.3) is 0 Å². The van der Waals surface area contributed by atoms with E-state index in [0.29, 0.717) is 36.7 Å². The Morgan fingerprint density at radius 2 is 1.67 bits per heavy atom. The number of rotatable bonds is 3. The van der Waals surface area contributed by atoms with Crippen LogP contribution in [-0.4, -0.2) is 37.5 Å². The predicted octanol–water partition coefficient (Wildman–Crippen LogP) is 2.84. The zero-order valence-electron chi connectivity index (χ0n) is 16.1.